The zero-order valence-electron chi connectivity index (χ0n) is 12.9. The van der Waals surface area contributed by atoms with E-state index in [1.165, 1.54) is 0 Å². The normalized spacial score (nSPS) is 20.7. The van der Waals surface area contributed by atoms with Crippen LogP contribution in [0.5, 0.6) is 0 Å². The van der Waals surface area contributed by atoms with E-state index in [2.05, 4.69) is 0 Å². The summed E-state index contributed by atoms with van der Waals surface area (Å²) < 4.78 is 5.28. The molecule has 0 bridgehead atoms. The Morgan fingerprint density at radius 3 is 2.59 bits per heavy atom. The van der Waals surface area contributed by atoms with E-state index in [1.54, 1.807) is 0 Å². The number of rotatable bonds is 3. The molecule has 2 fully saturated rings. The number of nitrogens with zero attached hydrogens (tertiary/aromatic N) is 1. The maximum Gasteiger partial charge on any atom is 0.332 e. The number of cyclic esters (lactones) is 1. The molecule has 1 saturated heterocycles. The van der Waals surface area contributed by atoms with Crippen LogP contribution in [0.3, 0.4) is 0 Å². The van der Waals surface area contributed by atoms with Gasteiger partial charge in [0.05, 0.1) is 6.54 Å². The Balaban J connectivity index is 1.70. The average Bonchev–Trinajstić information content (AvgIpc) is 2.57. The van der Waals surface area contributed by atoms with Crippen LogP contribution in [0, 0.1) is 0 Å². The van der Waals surface area contributed by atoms with Crippen molar-refractivity contribution in [3.8, 4) is 0 Å². The predicted octanol–water partition coefficient (Wildman–Crippen LogP) is 2.71. The molecule has 1 aliphatic carbocycles. The molecule has 3 rings (SSSR count). The first-order valence-corrected chi connectivity index (χ1v) is 8.24. The largest absolute Gasteiger partial charge is 0.462 e. The average molecular weight is 301 g/mol. The Bertz CT molecular complexity index is 535. The van der Waals surface area contributed by atoms with Crippen molar-refractivity contribution in [1.29, 1.82) is 0 Å². The molecule has 2 aliphatic rings. The van der Waals surface area contributed by atoms with Gasteiger partial charge in [0.1, 0.15) is 12.1 Å². The van der Waals surface area contributed by atoms with Gasteiger partial charge >= 0.3 is 5.97 Å². The molecule has 1 aliphatic heterocycles. The molecular formula is C18H23NO3. The van der Waals surface area contributed by atoms with Crippen LogP contribution in [-0.2, 0) is 20.7 Å². The maximum absolute atomic E-state index is 12.7. The topological polar surface area (TPSA) is 46.6 Å². The minimum atomic E-state index is -0.676. The van der Waals surface area contributed by atoms with Crippen LogP contribution in [-0.4, -0.2) is 35.5 Å². The number of hydrogen-bond donors (Lipinski definition) is 0. The number of ether oxygens (including phenoxy) is 1. The van der Waals surface area contributed by atoms with Crippen LogP contribution < -0.4 is 0 Å². The third-order valence-electron chi connectivity index (χ3n) is 4.90. The second-order valence-electron chi connectivity index (χ2n) is 6.26. The number of amides is 1. The number of hydrogen-bond acceptors (Lipinski definition) is 3. The number of aryl methyl sites for hydroxylation is 1. The summed E-state index contributed by atoms with van der Waals surface area (Å²) in [5, 5.41) is 0. The molecule has 1 amide bonds. The molecule has 1 heterocycles. The zero-order valence-corrected chi connectivity index (χ0v) is 12.9. The molecule has 0 radical (unpaired) electrons. The Morgan fingerprint density at radius 1 is 1.14 bits per heavy atom. The smallest absolute Gasteiger partial charge is 0.332 e. The lowest BCUT2D eigenvalue weighted by atomic mass is 9.79. The predicted molar refractivity (Wildman–Crippen MR) is 83.3 cm³/mol. The highest BCUT2D eigenvalue weighted by atomic mass is 16.5. The van der Waals surface area contributed by atoms with Gasteiger partial charge in [-0.25, -0.2) is 4.79 Å². The van der Waals surface area contributed by atoms with E-state index in [4.69, 9.17) is 4.74 Å². The number of carbonyl (C=O) groups is 2. The summed E-state index contributed by atoms with van der Waals surface area (Å²) >= 11 is 0. The standard InChI is InChI=1S/C18H23NO3/c20-16(10-9-15-7-3-1-4-8-15)19-13-14-22-17(21)18(19)11-5-2-6-12-18/h1,3-4,7-8H,2,5-6,9-14H2. The lowest BCUT2D eigenvalue weighted by Crippen LogP contribution is -2.62. The summed E-state index contributed by atoms with van der Waals surface area (Å²) in [6.07, 6.45) is 5.82. The van der Waals surface area contributed by atoms with Crippen molar-refractivity contribution < 1.29 is 14.3 Å². The number of benzene rings is 1. The first-order valence-electron chi connectivity index (χ1n) is 8.24. The van der Waals surface area contributed by atoms with Gasteiger partial charge in [-0.05, 0) is 24.8 Å². The van der Waals surface area contributed by atoms with Gasteiger partial charge in [0.2, 0.25) is 5.91 Å². The van der Waals surface area contributed by atoms with Gasteiger partial charge in [-0.3, -0.25) is 4.79 Å². The molecule has 0 unspecified atom stereocenters. The highest BCUT2D eigenvalue weighted by Gasteiger charge is 2.50. The van der Waals surface area contributed by atoms with Crippen LogP contribution in [0.1, 0.15) is 44.1 Å². The Morgan fingerprint density at radius 2 is 1.86 bits per heavy atom. The van der Waals surface area contributed by atoms with Gasteiger partial charge in [-0.2, -0.15) is 0 Å². The third kappa shape index (κ3) is 2.87. The lowest BCUT2D eigenvalue weighted by Gasteiger charge is -2.47. The van der Waals surface area contributed by atoms with Crippen LogP contribution in [0.15, 0.2) is 30.3 Å². The minimum Gasteiger partial charge on any atom is -0.462 e. The van der Waals surface area contributed by atoms with Crippen molar-refractivity contribution in [3.63, 3.8) is 0 Å². The molecule has 118 valence electrons. The van der Waals surface area contributed by atoms with Crippen LogP contribution in [0.2, 0.25) is 0 Å². The van der Waals surface area contributed by atoms with E-state index in [9.17, 15) is 9.59 Å². The van der Waals surface area contributed by atoms with Crippen molar-refractivity contribution in [2.45, 2.75) is 50.5 Å². The third-order valence-corrected chi connectivity index (χ3v) is 4.90. The number of morpholine rings is 1. The van der Waals surface area contributed by atoms with Crippen LogP contribution in [0.25, 0.3) is 0 Å². The molecule has 4 nitrogen and oxygen atoms in total. The SMILES string of the molecule is O=C(CCc1ccccc1)N1CCOC(=O)C12CCCCC2. The molecule has 1 spiro atoms. The maximum atomic E-state index is 12.7. The molecule has 4 heteroatoms. The fourth-order valence-corrected chi connectivity index (χ4v) is 3.69. The summed E-state index contributed by atoms with van der Waals surface area (Å²) in [7, 11) is 0. The molecule has 0 N–H and O–H groups in total. The molecule has 1 saturated carbocycles. The monoisotopic (exact) mass is 301 g/mol. The van der Waals surface area contributed by atoms with E-state index in [-0.39, 0.29) is 11.9 Å². The minimum absolute atomic E-state index is 0.0856. The molecule has 0 aromatic heterocycles. The van der Waals surface area contributed by atoms with Gasteiger partial charge < -0.3 is 9.64 Å². The first kappa shape index (κ1) is 15.1. The molecule has 22 heavy (non-hydrogen) atoms. The first-order chi connectivity index (χ1) is 10.7. The van der Waals surface area contributed by atoms with Crippen molar-refractivity contribution in [2.24, 2.45) is 0 Å². The van der Waals surface area contributed by atoms with E-state index < -0.39 is 5.54 Å². The summed E-state index contributed by atoms with van der Waals surface area (Å²) in [6.45, 7) is 0.872. The number of carbonyl (C=O) groups excluding carboxylic acids is 2. The highest BCUT2D eigenvalue weighted by molar-refractivity contribution is 5.89. The summed E-state index contributed by atoms with van der Waals surface area (Å²) in [4.78, 5) is 26.9. The second kappa shape index (κ2) is 6.51. The van der Waals surface area contributed by atoms with Gasteiger partial charge in [0.25, 0.3) is 0 Å². The molecule has 1 aromatic rings. The molecule has 1 aromatic carbocycles. The zero-order chi connectivity index (χ0) is 15.4. The molecule has 0 atom stereocenters. The fraction of sp³-hybridized carbons (Fsp3) is 0.556. The Hall–Kier alpha value is -1.84. The van der Waals surface area contributed by atoms with Gasteiger partial charge in [0.15, 0.2) is 0 Å². The van der Waals surface area contributed by atoms with Crippen molar-refractivity contribution in [1.82, 2.24) is 4.90 Å². The second-order valence-corrected chi connectivity index (χ2v) is 6.26. The van der Waals surface area contributed by atoms with Crippen LogP contribution in [0.4, 0.5) is 0 Å². The summed E-state index contributed by atoms with van der Waals surface area (Å²) in [6, 6.07) is 10.0. The van der Waals surface area contributed by atoms with E-state index in [0.29, 0.717) is 19.6 Å². The van der Waals surface area contributed by atoms with E-state index >= 15 is 0 Å². The van der Waals surface area contributed by atoms with Crippen LogP contribution >= 0.6 is 0 Å². The summed E-state index contributed by atoms with van der Waals surface area (Å²) in [5.41, 5.74) is 0.484. The van der Waals surface area contributed by atoms with Gasteiger partial charge in [-0.1, -0.05) is 49.6 Å². The summed E-state index contributed by atoms with van der Waals surface area (Å²) in [5.74, 6) is -0.103. The van der Waals surface area contributed by atoms with E-state index in [0.717, 1.165) is 44.1 Å². The van der Waals surface area contributed by atoms with Crippen molar-refractivity contribution in [2.75, 3.05) is 13.2 Å². The van der Waals surface area contributed by atoms with Gasteiger partial charge in [-0.15, -0.1) is 0 Å². The van der Waals surface area contributed by atoms with E-state index in [1.807, 2.05) is 35.2 Å². The fourth-order valence-electron chi connectivity index (χ4n) is 3.69. The van der Waals surface area contributed by atoms with Crippen molar-refractivity contribution in [3.05, 3.63) is 35.9 Å². The lowest BCUT2D eigenvalue weighted by molar-refractivity contribution is -0.178. The van der Waals surface area contributed by atoms with Gasteiger partial charge in [0, 0.05) is 6.42 Å². The Labute approximate surface area is 131 Å². The molecular weight excluding hydrogens is 278 g/mol. The number of esters is 1. The highest BCUT2D eigenvalue weighted by Crippen LogP contribution is 2.37. The Kier molecular flexibility index (Phi) is 4.46. The van der Waals surface area contributed by atoms with Crippen molar-refractivity contribution >= 4 is 11.9 Å². The quantitative estimate of drug-likeness (QED) is 0.806.